The Labute approximate surface area is 182 Å². The first kappa shape index (κ1) is 19.7. The Hall–Kier alpha value is -3.25. The SMILES string of the molecule is C[C@@H](NC1CCC(c2ccc(OCc3nn[nH]n3)cc2)C1)c1cccc2ccccc12. The van der Waals surface area contributed by atoms with Crippen LogP contribution in [0, 0.1) is 0 Å². The van der Waals surface area contributed by atoms with Crippen molar-refractivity contribution in [2.24, 2.45) is 0 Å². The molecular weight excluding hydrogens is 386 g/mol. The van der Waals surface area contributed by atoms with Crippen LogP contribution in [0.25, 0.3) is 10.8 Å². The fraction of sp³-hybridized carbons (Fsp3) is 0.320. The van der Waals surface area contributed by atoms with Crippen molar-refractivity contribution in [1.29, 1.82) is 0 Å². The Balaban J connectivity index is 1.19. The van der Waals surface area contributed by atoms with E-state index in [9.17, 15) is 0 Å². The molecule has 0 bridgehead atoms. The largest absolute Gasteiger partial charge is 0.485 e. The second-order valence-corrected chi connectivity index (χ2v) is 8.35. The second-order valence-electron chi connectivity index (χ2n) is 8.35. The maximum Gasteiger partial charge on any atom is 0.211 e. The second kappa shape index (κ2) is 8.86. The quantitative estimate of drug-likeness (QED) is 0.450. The van der Waals surface area contributed by atoms with Crippen LogP contribution in [-0.2, 0) is 6.61 Å². The van der Waals surface area contributed by atoms with Crippen LogP contribution in [0.5, 0.6) is 5.75 Å². The molecule has 31 heavy (non-hydrogen) atoms. The molecule has 1 aliphatic rings. The zero-order valence-corrected chi connectivity index (χ0v) is 17.7. The van der Waals surface area contributed by atoms with Crippen LogP contribution in [0.2, 0.25) is 0 Å². The lowest BCUT2D eigenvalue weighted by atomic mass is 9.96. The minimum atomic E-state index is 0.317. The molecule has 1 saturated carbocycles. The summed E-state index contributed by atoms with van der Waals surface area (Å²) >= 11 is 0. The number of nitrogens with one attached hydrogen (secondary N) is 2. The molecule has 3 aromatic carbocycles. The molecule has 1 fully saturated rings. The summed E-state index contributed by atoms with van der Waals surface area (Å²) < 4.78 is 5.73. The topological polar surface area (TPSA) is 75.7 Å². The van der Waals surface area contributed by atoms with E-state index in [4.69, 9.17) is 4.74 Å². The number of tetrazole rings is 1. The number of rotatable bonds is 7. The molecule has 1 aliphatic carbocycles. The van der Waals surface area contributed by atoms with E-state index in [1.54, 1.807) is 0 Å². The smallest absolute Gasteiger partial charge is 0.211 e. The summed E-state index contributed by atoms with van der Waals surface area (Å²) in [6.45, 7) is 2.60. The van der Waals surface area contributed by atoms with E-state index in [-0.39, 0.29) is 0 Å². The average molecular weight is 414 g/mol. The van der Waals surface area contributed by atoms with Crippen LogP contribution in [-0.4, -0.2) is 26.7 Å². The Morgan fingerprint density at radius 3 is 2.71 bits per heavy atom. The van der Waals surface area contributed by atoms with Crippen LogP contribution in [0.3, 0.4) is 0 Å². The van der Waals surface area contributed by atoms with Gasteiger partial charge in [0.15, 0.2) is 6.61 Å². The molecule has 0 radical (unpaired) electrons. The van der Waals surface area contributed by atoms with Gasteiger partial charge in [-0.1, -0.05) is 59.8 Å². The number of nitrogens with zero attached hydrogens (tertiary/aromatic N) is 3. The van der Waals surface area contributed by atoms with Gasteiger partial charge in [0, 0.05) is 12.1 Å². The number of hydrogen-bond acceptors (Lipinski definition) is 5. The molecule has 0 amide bonds. The van der Waals surface area contributed by atoms with Gasteiger partial charge in [-0.2, -0.15) is 5.21 Å². The summed E-state index contributed by atoms with van der Waals surface area (Å²) in [5.41, 5.74) is 2.76. The molecule has 5 rings (SSSR count). The van der Waals surface area contributed by atoms with Gasteiger partial charge in [-0.25, -0.2) is 0 Å². The lowest BCUT2D eigenvalue weighted by Gasteiger charge is -2.21. The van der Waals surface area contributed by atoms with Gasteiger partial charge in [-0.3, -0.25) is 0 Å². The third-order valence-corrected chi connectivity index (χ3v) is 6.32. The highest BCUT2D eigenvalue weighted by Crippen LogP contribution is 2.36. The van der Waals surface area contributed by atoms with Gasteiger partial charge in [0.05, 0.1) is 0 Å². The normalized spacial score (nSPS) is 19.5. The van der Waals surface area contributed by atoms with Crippen molar-refractivity contribution >= 4 is 10.8 Å². The van der Waals surface area contributed by atoms with Crippen LogP contribution in [0.1, 0.15) is 55.1 Å². The van der Waals surface area contributed by atoms with Crippen LogP contribution >= 0.6 is 0 Å². The molecule has 6 nitrogen and oxygen atoms in total. The molecule has 158 valence electrons. The predicted octanol–water partition coefficient (Wildman–Crippen LogP) is 4.92. The number of fused-ring (bicyclic) bond motifs is 1. The molecule has 2 N–H and O–H groups in total. The van der Waals surface area contributed by atoms with E-state index in [0.29, 0.717) is 30.4 Å². The van der Waals surface area contributed by atoms with Crippen LogP contribution < -0.4 is 10.1 Å². The van der Waals surface area contributed by atoms with Crippen molar-refractivity contribution in [3.05, 3.63) is 83.7 Å². The Kier molecular flexibility index (Phi) is 5.63. The third kappa shape index (κ3) is 4.44. The van der Waals surface area contributed by atoms with E-state index in [1.807, 2.05) is 12.1 Å². The minimum Gasteiger partial charge on any atom is -0.485 e. The van der Waals surface area contributed by atoms with E-state index in [2.05, 4.69) is 87.5 Å². The van der Waals surface area contributed by atoms with Gasteiger partial charge in [-0.15, -0.1) is 10.2 Å². The highest BCUT2D eigenvalue weighted by atomic mass is 16.5. The van der Waals surface area contributed by atoms with Crippen molar-refractivity contribution in [3.63, 3.8) is 0 Å². The molecule has 6 heteroatoms. The van der Waals surface area contributed by atoms with Gasteiger partial charge >= 0.3 is 0 Å². The Morgan fingerprint density at radius 1 is 1.03 bits per heavy atom. The van der Waals surface area contributed by atoms with Crippen molar-refractivity contribution < 1.29 is 4.74 Å². The number of H-pyrrole nitrogens is 1. The molecule has 3 atom stereocenters. The maximum atomic E-state index is 5.73. The summed E-state index contributed by atoms with van der Waals surface area (Å²) in [5, 5.41) is 20.3. The zero-order valence-electron chi connectivity index (χ0n) is 17.7. The molecular formula is C25H27N5O. The van der Waals surface area contributed by atoms with Crippen LogP contribution in [0.15, 0.2) is 66.7 Å². The molecule has 1 heterocycles. The molecule has 0 spiro atoms. The number of aromatic nitrogens is 4. The minimum absolute atomic E-state index is 0.317. The lowest BCUT2D eigenvalue weighted by molar-refractivity contribution is 0.296. The summed E-state index contributed by atoms with van der Waals surface area (Å²) in [6.07, 6.45) is 3.58. The zero-order chi connectivity index (χ0) is 21.0. The third-order valence-electron chi connectivity index (χ3n) is 6.32. The summed E-state index contributed by atoms with van der Waals surface area (Å²) in [5.74, 6) is 1.96. The first-order valence-electron chi connectivity index (χ1n) is 10.9. The van der Waals surface area contributed by atoms with Gasteiger partial charge < -0.3 is 10.1 Å². The average Bonchev–Trinajstić information content (AvgIpc) is 3.50. The van der Waals surface area contributed by atoms with Gasteiger partial charge in [0.2, 0.25) is 5.82 Å². The highest BCUT2D eigenvalue weighted by molar-refractivity contribution is 5.86. The van der Waals surface area contributed by atoms with Gasteiger partial charge in [0.1, 0.15) is 5.75 Å². The first-order valence-corrected chi connectivity index (χ1v) is 10.9. The molecule has 2 unspecified atom stereocenters. The summed E-state index contributed by atoms with van der Waals surface area (Å²) in [6, 6.07) is 24.6. The van der Waals surface area contributed by atoms with E-state index in [1.165, 1.54) is 34.7 Å². The molecule has 1 aromatic heterocycles. The number of ether oxygens (including phenoxy) is 1. The Bertz CT molecular complexity index is 1120. The monoisotopic (exact) mass is 413 g/mol. The molecule has 0 aliphatic heterocycles. The van der Waals surface area contributed by atoms with E-state index < -0.39 is 0 Å². The highest BCUT2D eigenvalue weighted by Gasteiger charge is 2.27. The number of benzene rings is 3. The number of aromatic amines is 1. The fourth-order valence-corrected chi connectivity index (χ4v) is 4.73. The predicted molar refractivity (Wildman–Crippen MR) is 121 cm³/mol. The fourth-order valence-electron chi connectivity index (χ4n) is 4.73. The standard InChI is InChI=1S/C25H27N5O/c1-17(23-8-4-6-19-5-2-3-7-24(19)23)26-21-12-9-20(15-21)18-10-13-22(14-11-18)31-16-25-27-29-30-28-25/h2-8,10-11,13-14,17,20-21,26H,9,12,15-16H2,1H3,(H,27,28,29,30)/t17-,20?,21?/m1/s1. The van der Waals surface area contributed by atoms with Crippen molar-refractivity contribution in [1.82, 2.24) is 25.9 Å². The van der Waals surface area contributed by atoms with Crippen molar-refractivity contribution in [3.8, 4) is 5.75 Å². The number of hydrogen-bond donors (Lipinski definition) is 2. The molecule has 4 aromatic rings. The van der Waals surface area contributed by atoms with Crippen molar-refractivity contribution in [2.45, 2.75) is 50.8 Å². The maximum absolute atomic E-state index is 5.73. The summed E-state index contributed by atoms with van der Waals surface area (Å²) in [4.78, 5) is 0. The van der Waals surface area contributed by atoms with Crippen molar-refractivity contribution in [2.75, 3.05) is 0 Å². The molecule has 0 saturated heterocycles. The lowest BCUT2D eigenvalue weighted by Crippen LogP contribution is -2.29. The first-order chi connectivity index (χ1) is 15.3. The van der Waals surface area contributed by atoms with E-state index >= 15 is 0 Å². The van der Waals surface area contributed by atoms with Gasteiger partial charge in [0.25, 0.3) is 0 Å². The Morgan fingerprint density at radius 2 is 1.87 bits per heavy atom. The van der Waals surface area contributed by atoms with Crippen LogP contribution in [0.4, 0.5) is 0 Å². The summed E-state index contributed by atoms with van der Waals surface area (Å²) in [7, 11) is 0. The van der Waals surface area contributed by atoms with E-state index in [0.717, 1.165) is 12.2 Å². The van der Waals surface area contributed by atoms with Gasteiger partial charge in [-0.05, 0) is 66.1 Å².